The molecule has 0 aliphatic carbocycles. The second kappa shape index (κ2) is 2.28. The van der Waals surface area contributed by atoms with Crippen molar-refractivity contribution < 1.29 is 5.21 Å². The van der Waals surface area contributed by atoms with Crippen LogP contribution in [0.25, 0.3) is 0 Å². The number of hydroxylamine groups is 1. The van der Waals surface area contributed by atoms with Gasteiger partial charge in [-0.15, -0.1) is 15.5 Å². The van der Waals surface area contributed by atoms with Crippen LogP contribution in [-0.4, -0.2) is 21.3 Å². The predicted octanol–water partition coefficient (Wildman–Crippen LogP) is 0.0616. The van der Waals surface area contributed by atoms with Crippen LogP contribution >= 0.6 is 0 Å². The van der Waals surface area contributed by atoms with E-state index in [0.29, 0.717) is 5.70 Å². The fourth-order valence-electron chi connectivity index (χ4n) is 0.754. The van der Waals surface area contributed by atoms with Gasteiger partial charge in [0, 0.05) is 0 Å². The number of hydrogen-bond acceptors (Lipinski definition) is 5. The van der Waals surface area contributed by atoms with E-state index in [2.05, 4.69) is 5.10 Å². The van der Waals surface area contributed by atoms with Gasteiger partial charge in [-0.05, 0) is 19.9 Å². The van der Waals surface area contributed by atoms with Crippen molar-refractivity contribution in [3.63, 3.8) is 0 Å². The van der Waals surface area contributed by atoms with Crippen LogP contribution in [0.15, 0.2) is 16.9 Å². The minimum atomic E-state index is 0.648. The number of nitrogens with zero attached hydrogens (tertiary/aromatic N) is 3. The van der Waals surface area contributed by atoms with Crippen molar-refractivity contribution in [1.82, 2.24) is 10.4 Å². The molecule has 0 bridgehead atoms. The summed E-state index contributed by atoms with van der Waals surface area (Å²) < 4.78 is 0. The van der Waals surface area contributed by atoms with Gasteiger partial charge in [0.2, 0.25) is 0 Å². The molecule has 0 unspecified atom stereocenters. The van der Waals surface area contributed by atoms with Crippen molar-refractivity contribution in [2.45, 2.75) is 13.8 Å². The topological polar surface area (TPSA) is 65.1 Å². The van der Waals surface area contributed by atoms with Gasteiger partial charge < -0.3 is 0 Å². The molecule has 10 heavy (non-hydrogen) atoms. The second-order valence-corrected chi connectivity index (χ2v) is 2.14. The molecular formula is C5H10N4O. The van der Waals surface area contributed by atoms with E-state index in [1.807, 2.05) is 0 Å². The molecule has 0 saturated heterocycles. The summed E-state index contributed by atoms with van der Waals surface area (Å²) in [6.45, 7) is 3.54. The summed E-state index contributed by atoms with van der Waals surface area (Å²) in [6.07, 6.45) is 1.73. The van der Waals surface area contributed by atoms with Gasteiger partial charge in [-0.2, -0.15) is 0 Å². The average Bonchev–Trinajstić information content (AvgIpc) is 1.82. The molecule has 0 spiro atoms. The van der Waals surface area contributed by atoms with Crippen LogP contribution in [0.5, 0.6) is 0 Å². The normalized spacial score (nSPS) is 18.8. The van der Waals surface area contributed by atoms with Crippen LogP contribution in [0.4, 0.5) is 0 Å². The number of allylic oxidation sites excluding steroid dienone is 2. The van der Waals surface area contributed by atoms with Gasteiger partial charge in [-0.3, -0.25) is 5.21 Å². The third-order valence-corrected chi connectivity index (χ3v) is 1.19. The Morgan fingerprint density at radius 3 is 2.70 bits per heavy atom. The fraction of sp³-hybridized carbons (Fsp3) is 0.400. The van der Waals surface area contributed by atoms with Crippen molar-refractivity contribution in [3.05, 3.63) is 11.8 Å². The Morgan fingerprint density at radius 2 is 2.20 bits per heavy atom. The van der Waals surface area contributed by atoms with Gasteiger partial charge in [-0.1, -0.05) is 0 Å². The van der Waals surface area contributed by atoms with Gasteiger partial charge in [0.05, 0.1) is 11.4 Å². The monoisotopic (exact) mass is 142 g/mol. The summed E-state index contributed by atoms with van der Waals surface area (Å²) in [7, 11) is 0. The third kappa shape index (κ3) is 1.09. The molecular weight excluding hydrogens is 132 g/mol. The van der Waals surface area contributed by atoms with Gasteiger partial charge in [0.1, 0.15) is 0 Å². The summed E-state index contributed by atoms with van der Waals surface area (Å²) in [5, 5.41) is 14.4. The molecule has 56 valence electrons. The Kier molecular flexibility index (Phi) is 1.60. The maximum atomic E-state index is 9.02. The Morgan fingerprint density at radius 1 is 1.60 bits per heavy atom. The van der Waals surface area contributed by atoms with Crippen LogP contribution in [0, 0.1) is 0 Å². The number of hydrogen-bond donors (Lipinski definition) is 2. The fourth-order valence-corrected chi connectivity index (χ4v) is 0.754. The molecule has 0 atom stereocenters. The highest BCUT2D eigenvalue weighted by Crippen LogP contribution is 2.07. The molecule has 5 nitrogen and oxygen atoms in total. The van der Waals surface area contributed by atoms with Crippen LogP contribution in [0.1, 0.15) is 13.8 Å². The van der Waals surface area contributed by atoms with E-state index >= 15 is 0 Å². The van der Waals surface area contributed by atoms with E-state index in [1.165, 1.54) is 0 Å². The van der Waals surface area contributed by atoms with Crippen LogP contribution in [0.3, 0.4) is 0 Å². The molecule has 1 heterocycles. The lowest BCUT2D eigenvalue weighted by molar-refractivity contribution is -0.222. The quantitative estimate of drug-likeness (QED) is 0.469. The molecule has 1 aliphatic rings. The summed E-state index contributed by atoms with van der Waals surface area (Å²) in [4.78, 5) is 0. The molecule has 1 aliphatic heterocycles. The van der Waals surface area contributed by atoms with Crippen molar-refractivity contribution in [1.29, 1.82) is 0 Å². The highest BCUT2D eigenvalue weighted by atomic mass is 16.6. The standard InChI is InChI=1S/C5H10N4O/c1-4-3-5(2)8(10)9(6)7-4/h3,10H,6H2,1-2H3. The van der Waals surface area contributed by atoms with E-state index < -0.39 is 0 Å². The summed E-state index contributed by atoms with van der Waals surface area (Å²) in [5.41, 5.74) is 1.42. The van der Waals surface area contributed by atoms with E-state index in [4.69, 9.17) is 11.0 Å². The molecule has 0 aromatic carbocycles. The van der Waals surface area contributed by atoms with Gasteiger partial charge in [-0.25, -0.2) is 5.84 Å². The van der Waals surface area contributed by atoms with Crippen molar-refractivity contribution in [2.24, 2.45) is 10.9 Å². The SMILES string of the molecule is CC1=CC(C)=NN(N)N1O. The molecule has 5 heteroatoms. The summed E-state index contributed by atoms with van der Waals surface area (Å²) in [5.74, 6) is 5.24. The smallest absolute Gasteiger partial charge is 0.0672 e. The zero-order valence-electron chi connectivity index (χ0n) is 5.94. The van der Waals surface area contributed by atoms with Crippen molar-refractivity contribution in [2.75, 3.05) is 0 Å². The zero-order chi connectivity index (χ0) is 7.72. The molecule has 0 aromatic heterocycles. The minimum absolute atomic E-state index is 0.648. The first kappa shape index (κ1) is 7.04. The Bertz CT molecular complexity index is 198. The van der Waals surface area contributed by atoms with Gasteiger partial charge >= 0.3 is 0 Å². The Labute approximate surface area is 58.9 Å². The molecule has 3 N–H and O–H groups in total. The molecule has 1 rings (SSSR count). The van der Waals surface area contributed by atoms with E-state index in [1.54, 1.807) is 19.9 Å². The van der Waals surface area contributed by atoms with Gasteiger partial charge in [0.15, 0.2) is 0 Å². The number of nitrogens with two attached hydrogens (primary N) is 1. The first-order valence-electron chi connectivity index (χ1n) is 2.88. The van der Waals surface area contributed by atoms with Crippen LogP contribution in [-0.2, 0) is 0 Å². The van der Waals surface area contributed by atoms with Crippen molar-refractivity contribution in [3.8, 4) is 0 Å². The minimum Gasteiger partial charge on any atom is -0.267 e. The summed E-state index contributed by atoms with van der Waals surface area (Å²) in [6, 6.07) is 0. The Balaban J connectivity index is 2.85. The van der Waals surface area contributed by atoms with Gasteiger partial charge in [0.25, 0.3) is 0 Å². The third-order valence-electron chi connectivity index (χ3n) is 1.19. The maximum absolute atomic E-state index is 9.02. The molecule has 0 amide bonds. The Hall–Kier alpha value is -1.07. The van der Waals surface area contributed by atoms with E-state index in [-0.39, 0.29) is 0 Å². The first-order valence-corrected chi connectivity index (χ1v) is 2.88. The van der Waals surface area contributed by atoms with Crippen LogP contribution < -0.4 is 5.84 Å². The lowest BCUT2D eigenvalue weighted by atomic mass is 10.3. The van der Waals surface area contributed by atoms with Crippen LogP contribution in [0.2, 0.25) is 0 Å². The zero-order valence-corrected chi connectivity index (χ0v) is 5.94. The molecule has 0 radical (unpaired) electrons. The lowest BCUT2D eigenvalue weighted by Crippen LogP contribution is -2.43. The molecule has 0 aromatic rings. The van der Waals surface area contributed by atoms with E-state index in [0.717, 1.165) is 16.1 Å². The summed E-state index contributed by atoms with van der Waals surface area (Å²) >= 11 is 0. The first-order chi connectivity index (χ1) is 4.61. The number of hydrazine groups is 2. The second-order valence-electron chi connectivity index (χ2n) is 2.14. The average molecular weight is 142 g/mol. The number of rotatable bonds is 0. The van der Waals surface area contributed by atoms with Crippen molar-refractivity contribution >= 4 is 5.71 Å². The highest BCUT2D eigenvalue weighted by Gasteiger charge is 2.11. The lowest BCUT2D eigenvalue weighted by Gasteiger charge is -2.27. The molecule has 0 fully saturated rings. The predicted molar refractivity (Wildman–Crippen MR) is 36.5 cm³/mol. The largest absolute Gasteiger partial charge is 0.267 e. The molecule has 0 saturated carbocycles. The number of hydrazone groups is 1. The van der Waals surface area contributed by atoms with E-state index in [9.17, 15) is 0 Å². The highest BCUT2D eigenvalue weighted by molar-refractivity contribution is 5.93. The maximum Gasteiger partial charge on any atom is 0.0672 e.